The second-order valence-electron chi connectivity index (χ2n) is 8.87. The predicted octanol–water partition coefficient (Wildman–Crippen LogP) is 3.63. The van der Waals surface area contributed by atoms with Gasteiger partial charge in [-0.15, -0.1) is 0 Å². The van der Waals surface area contributed by atoms with E-state index in [2.05, 4.69) is 27.4 Å². The first-order valence-corrected chi connectivity index (χ1v) is 9.34. The molecular weight excluding hydrogens is 316 g/mol. The number of aliphatic hydroxyl groups is 2. The van der Waals surface area contributed by atoms with Crippen molar-refractivity contribution < 1.29 is 19.7 Å². The molecule has 0 heterocycles. The topological polar surface area (TPSA) is 66.8 Å². The van der Waals surface area contributed by atoms with Gasteiger partial charge < -0.3 is 14.9 Å². The van der Waals surface area contributed by atoms with E-state index in [1.54, 1.807) is 0 Å². The van der Waals surface area contributed by atoms with E-state index >= 15 is 0 Å². The Labute approximate surface area is 152 Å². The van der Waals surface area contributed by atoms with Crippen LogP contribution in [0.25, 0.3) is 0 Å². The van der Waals surface area contributed by atoms with Gasteiger partial charge >= 0.3 is 5.97 Å². The molecule has 0 bridgehead atoms. The summed E-state index contributed by atoms with van der Waals surface area (Å²) in [6, 6.07) is 0. The summed E-state index contributed by atoms with van der Waals surface area (Å²) in [5, 5.41) is 21.1. The molecule has 4 nitrogen and oxygen atoms in total. The summed E-state index contributed by atoms with van der Waals surface area (Å²) < 4.78 is 4.69. The van der Waals surface area contributed by atoms with Crippen LogP contribution in [0.3, 0.4) is 0 Å². The number of carbonyl (C=O) groups is 1. The van der Waals surface area contributed by atoms with Crippen LogP contribution in [-0.2, 0) is 9.53 Å². The number of rotatable bonds is 4. The zero-order valence-corrected chi connectivity index (χ0v) is 16.3. The summed E-state index contributed by atoms with van der Waals surface area (Å²) in [6.07, 6.45) is 4.73. The summed E-state index contributed by atoms with van der Waals surface area (Å²) in [7, 11) is 1.38. The summed E-state index contributed by atoms with van der Waals surface area (Å²) in [6.45, 7) is 12.7. The molecule has 0 saturated heterocycles. The maximum absolute atomic E-state index is 11.4. The lowest BCUT2D eigenvalue weighted by molar-refractivity contribution is -0.140. The smallest absolute Gasteiger partial charge is 0.330 e. The van der Waals surface area contributed by atoms with Crippen molar-refractivity contribution in [2.75, 3.05) is 7.11 Å². The van der Waals surface area contributed by atoms with E-state index in [0.717, 1.165) is 36.8 Å². The van der Waals surface area contributed by atoms with E-state index in [9.17, 15) is 15.0 Å². The molecule has 0 aliphatic heterocycles. The van der Waals surface area contributed by atoms with Crippen molar-refractivity contribution in [1.29, 1.82) is 0 Å². The average molecular weight is 350 g/mol. The third-order valence-corrected chi connectivity index (χ3v) is 7.03. The first kappa shape index (κ1) is 20.2. The Morgan fingerprint density at radius 1 is 1.36 bits per heavy atom. The third kappa shape index (κ3) is 3.70. The Morgan fingerprint density at radius 2 is 2.00 bits per heavy atom. The van der Waals surface area contributed by atoms with Gasteiger partial charge in [-0.05, 0) is 67.3 Å². The zero-order valence-electron chi connectivity index (χ0n) is 16.3. The molecule has 2 aliphatic rings. The van der Waals surface area contributed by atoms with Gasteiger partial charge in [-0.1, -0.05) is 32.9 Å². The minimum Gasteiger partial charge on any atom is -0.466 e. The molecule has 2 saturated carbocycles. The van der Waals surface area contributed by atoms with Crippen molar-refractivity contribution in [2.45, 2.75) is 72.0 Å². The van der Waals surface area contributed by atoms with Crippen molar-refractivity contribution in [2.24, 2.45) is 22.7 Å². The Hall–Kier alpha value is -1.13. The first-order chi connectivity index (χ1) is 11.5. The molecule has 2 aliphatic carbocycles. The first-order valence-electron chi connectivity index (χ1n) is 9.34. The van der Waals surface area contributed by atoms with Crippen LogP contribution in [0.5, 0.6) is 0 Å². The maximum atomic E-state index is 11.4. The number of ether oxygens (including phenoxy) is 1. The lowest BCUT2D eigenvalue weighted by atomic mass is 9.46. The van der Waals surface area contributed by atoms with Crippen molar-refractivity contribution in [1.82, 2.24) is 0 Å². The monoisotopic (exact) mass is 350 g/mol. The van der Waals surface area contributed by atoms with Crippen LogP contribution in [0.4, 0.5) is 0 Å². The molecule has 142 valence electrons. The summed E-state index contributed by atoms with van der Waals surface area (Å²) >= 11 is 0. The quantitative estimate of drug-likeness (QED) is 0.462. The van der Waals surface area contributed by atoms with Crippen LogP contribution in [0.2, 0.25) is 0 Å². The predicted molar refractivity (Wildman–Crippen MR) is 98.9 cm³/mol. The van der Waals surface area contributed by atoms with E-state index in [1.807, 2.05) is 6.92 Å². The largest absolute Gasteiger partial charge is 0.466 e. The van der Waals surface area contributed by atoms with Gasteiger partial charge in [0.05, 0.1) is 19.3 Å². The number of esters is 1. The normalized spacial score (nSPS) is 38.2. The number of carbonyl (C=O) groups excluding carboxylic acids is 1. The summed E-state index contributed by atoms with van der Waals surface area (Å²) in [5.74, 6) is 0.110. The van der Waals surface area contributed by atoms with Crippen LogP contribution < -0.4 is 0 Å². The zero-order chi connectivity index (χ0) is 19.0. The molecule has 2 N–H and O–H groups in total. The standard InChI is InChI=1S/C21H34O4/c1-13(11-19(24)25-6)7-8-15-14(2)16(22)12-17-20(3,4)18(23)9-10-21(15,17)5/h11,15-18,22-23H,2,7-10,12H2,1,3-6H3/b13-11-/t15-,16-,17-,18-,21+/m1/s1. The van der Waals surface area contributed by atoms with Crippen LogP contribution in [-0.4, -0.2) is 35.5 Å². The van der Waals surface area contributed by atoms with Gasteiger partial charge in [-0.3, -0.25) is 0 Å². The second kappa shape index (κ2) is 7.24. The highest BCUT2D eigenvalue weighted by Gasteiger charge is 2.57. The summed E-state index contributed by atoms with van der Waals surface area (Å²) in [4.78, 5) is 11.4. The minimum absolute atomic E-state index is 0.0184. The molecule has 5 atom stereocenters. The lowest BCUT2D eigenvalue weighted by Gasteiger charge is -2.60. The Bertz CT molecular complexity index is 562. The Morgan fingerprint density at radius 3 is 2.60 bits per heavy atom. The van der Waals surface area contributed by atoms with E-state index in [0.29, 0.717) is 6.42 Å². The Kier molecular flexibility index (Phi) is 5.85. The van der Waals surface area contributed by atoms with E-state index in [1.165, 1.54) is 13.2 Å². The molecule has 2 rings (SSSR count). The summed E-state index contributed by atoms with van der Waals surface area (Å²) in [5.41, 5.74) is 1.70. The molecule has 0 unspecified atom stereocenters. The fourth-order valence-corrected chi connectivity index (χ4v) is 5.32. The molecule has 0 radical (unpaired) electrons. The highest BCUT2D eigenvalue weighted by Crippen LogP contribution is 2.61. The average Bonchev–Trinajstić information content (AvgIpc) is 2.54. The van der Waals surface area contributed by atoms with Crippen molar-refractivity contribution >= 4 is 5.97 Å². The van der Waals surface area contributed by atoms with Crippen molar-refractivity contribution in [3.8, 4) is 0 Å². The van der Waals surface area contributed by atoms with Crippen molar-refractivity contribution in [3.63, 3.8) is 0 Å². The molecule has 25 heavy (non-hydrogen) atoms. The van der Waals surface area contributed by atoms with Crippen LogP contribution in [0.15, 0.2) is 23.8 Å². The van der Waals surface area contributed by atoms with E-state index in [4.69, 9.17) is 4.74 Å². The van der Waals surface area contributed by atoms with Crippen molar-refractivity contribution in [3.05, 3.63) is 23.8 Å². The van der Waals surface area contributed by atoms with E-state index < -0.39 is 6.10 Å². The molecule has 0 aromatic heterocycles. The minimum atomic E-state index is -0.516. The molecule has 0 aromatic rings. The number of fused-ring (bicyclic) bond motifs is 1. The number of hydrogen-bond donors (Lipinski definition) is 2. The SMILES string of the molecule is C=C1[C@H](O)C[C@@H]2C(C)(C)[C@H](O)CC[C@@]2(C)[C@@H]1CC/C(C)=C\C(=O)OC. The van der Waals surface area contributed by atoms with Gasteiger partial charge in [0, 0.05) is 6.08 Å². The molecule has 0 spiro atoms. The van der Waals surface area contributed by atoms with Gasteiger partial charge in [0.25, 0.3) is 0 Å². The highest BCUT2D eigenvalue weighted by molar-refractivity contribution is 5.82. The number of aliphatic hydroxyl groups excluding tert-OH is 2. The van der Waals surface area contributed by atoms with Gasteiger partial charge in [-0.25, -0.2) is 4.79 Å². The number of methoxy groups -OCH3 is 1. The molecule has 0 aromatic carbocycles. The lowest BCUT2D eigenvalue weighted by Crippen LogP contribution is -2.57. The highest BCUT2D eigenvalue weighted by atomic mass is 16.5. The fourth-order valence-electron chi connectivity index (χ4n) is 5.32. The van der Waals surface area contributed by atoms with Crippen LogP contribution in [0, 0.1) is 22.7 Å². The van der Waals surface area contributed by atoms with Gasteiger partial charge in [0.15, 0.2) is 0 Å². The molecule has 4 heteroatoms. The van der Waals surface area contributed by atoms with Gasteiger partial charge in [0.1, 0.15) is 0 Å². The molecule has 0 amide bonds. The molecular formula is C21H34O4. The maximum Gasteiger partial charge on any atom is 0.330 e. The van der Waals surface area contributed by atoms with Gasteiger partial charge in [-0.2, -0.15) is 0 Å². The fraction of sp³-hybridized carbons (Fsp3) is 0.762. The number of hydrogen-bond acceptors (Lipinski definition) is 4. The van der Waals surface area contributed by atoms with Crippen LogP contribution >= 0.6 is 0 Å². The van der Waals surface area contributed by atoms with Gasteiger partial charge in [0.2, 0.25) is 0 Å². The third-order valence-electron chi connectivity index (χ3n) is 7.03. The second-order valence-corrected chi connectivity index (χ2v) is 8.87. The Balaban J connectivity index is 2.24. The van der Waals surface area contributed by atoms with Crippen LogP contribution in [0.1, 0.15) is 59.8 Å². The van der Waals surface area contributed by atoms with E-state index in [-0.39, 0.29) is 34.7 Å². The molecule has 2 fully saturated rings. The number of allylic oxidation sites excluding steroid dienone is 1.